The molecule has 0 unspecified atom stereocenters. The number of aryl methyl sites for hydroxylation is 2. The number of benzene rings is 3. The number of carbonyl (C=O) groups is 1. The third-order valence-electron chi connectivity index (χ3n) is 6.66. The molecular formula is C29H22N2O5. The molecule has 0 saturated heterocycles. The molecular weight excluding hydrogens is 456 g/mol. The molecule has 0 bridgehead atoms. The smallest absolute Gasteiger partial charge is 0.338 e. The molecule has 7 heteroatoms. The Kier molecular flexibility index (Phi) is 5.45. The van der Waals surface area contributed by atoms with E-state index in [1.807, 2.05) is 30.3 Å². The average Bonchev–Trinajstić information content (AvgIpc) is 3.33. The maximum Gasteiger partial charge on any atom is 0.338 e. The molecule has 0 fully saturated rings. The van der Waals surface area contributed by atoms with E-state index in [0.717, 1.165) is 24.6 Å². The number of aromatic amines is 1. The van der Waals surface area contributed by atoms with Crippen LogP contribution in [0.15, 0.2) is 80.7 Å². The normalized spacial score (nSPS) is 12.7. The lowest BCUT2D eigenvalue weighted by molar-refractivity contribution is 0.0472. The van der Waals surface area contributed by atoms with Crippen LogP contribution in [-0.4, -0.2) is 15.9 Å². The topological polar surface area (TPSA) is 102 Å². The lowest BCUT2D eigenvalue weighted by Gasteiger charge is -2.11. The van der Waals surface area contributed by atoms with Gasteiger partial charge in [-0.15, -0.1) is 0 Å². The van der Waals surface area contributed by atoms with Gasteiger partial charge in [0.2, 0.25) is 0 Å². The molecule has 0 saturated carbocycles. The van der Waals surface area contributed by atoms with E-state index in [9.17, 15) is 14.4 Å². The van der Waals surface area contributed by atoms with Crippen LogP contribution < -0.4 is 11.2 Å². The predicted octanol–water partition coefficient (Wildman–Crippen LogP) is 4.47. The second kappa shape index (κ2) is 8.92. The van der Waals surface area contributed by atoms with Gasteiger partial charge in [0.25, 0.3) is 5.56 Å². The fraction of sp³-hybridized carbons (Fsp3) is 0.172. The van der Waals surface area contributed by atoms with Crippen molar-refractivity contribution in [2.24, 2.45) is 0 Å². The Morgan fingerprint density at radius 3 is 2.58 bits per heavy atom. The van der Waals surface area contributed by atoms with Crippen molar-refractivity contribution in [3.8, 4) is 0 Å². The van der Waals surface area contributed by atoms with Crippen molar-refractivity contribution in [3.63, 3.8) is 0 Å². The largest absolute Gasteiger partial charge is 0.457 e. The van der Waals surface area contributed by atoms with Crippen molar-refractivity contribution < 1.29 is 13.9 Å². The van der Waals surface area contributed by atoms with Crippen LogP contribution in [0.3, 0.4) is 0 Å². The highest BCUT2D eigenvalue weighted by Crippen LogP contribution is 2.29. The molecule has 6 rings (SSSR count). The fourth-order valence-electron chi connectivity index (χ4n) is 4.91. The first-order valence-electron chi connectivity index (χ1n) is 11.9. The van der Waals surface area contributed by atoms with E-state index in [0.29, 0.717) is 39.0 Å². The summed E-state index contributed by atoms with van der Waals surface area (Å²) in [4.78, 5) is 45.1. The molecule has 2 aromatic heterocycles. The molecule has 2 heterocycles. The Balaban J connectivity index is 1.27. The van der Waals surface area contributed by atoms with Crippen molar-refractivity contribution in [2.45, 2.75) is 32.3 Å². The van der Waals surface area contributed by atoms with Crippen molar-refractivity contribution in [1.82, 2.24) is 9.97 Å². The van der Waals surface area contributed by atoms with Crippen LogP contribution in [0.5, 0.6) is 0 Å². The summed E-state index contributed by atoms with van der Waals surface area (Å²) in [6.07, 6.45) is 3.30. The van der Waals surface area contributed by atoms with Gasteiger partial charge < -0.3 is 14.1 Å². The Labute approximate surface area is 205 Å². The number of ether oxygens (including phenoxy) is 1. The highest BCUT2D eigenvalue weighted by Gasteiger charge is 2.18. The van der Waals surface area contributed by atoms with Gasteiger partial charge in [-0.3, -0.25) is 4.79 Å². The monoisotopic (exact) mass is 478 g/mol. The fourth-order valence-corrected chi connectivity index (χ4v) is 4.91. The third-order valence-corrected chi connectivity index (χ3v) is 6.66. The minimum atomic E-state index is -0.517. The van der Waals surface area contributed by atoms with Gasteiger partial charge in [0.05, 0.1) is 16.5 Å². The van der Waals surface area contributed by atoms with Gasteiger partial charge in [-0.2, -0.15) is 0 Å². The van der Waals surface area contributed by atoms with Gasteiger partial charge >= 0.3 is 11.6 Å². The van der Waals surface area contributed by atoms with Gasteiger partial charge in [-0.25, -0.2) is 14.6 Å². The third kappa shape index (κ3) is 4.09. The Morgan fingerprint density at radius 2 is 1.69 bits per heavy atom. The second-order valence-electron chi connectivity index (χ2n) is 9.00. The van der Waals surface area contributed by atoms with Crippen molar-refractivity contribution >= 4 is 27.8 Å². The number of para-hydroxylation sites is 1. The van der Waals surface area contributed by atoms with E-state index < -0.39 is 11.6 Å². The first-order valence-corrected chi connectivity index (χ1v) is 11.9. The van der Waals surface area contributed by atoms with Crippen molar-refractivity contribution in [2.75, 3.05) is 0 Å². The first kappa shape index (κ1) is 22.0. The number of hydrogen-bond acceptors (Lipinski definition) is 6. The lowest BCUT2D eigenvalue weighted by Crippen LogP contribution is -2.14. The summed E-state index contributed by atoms with van der Waals surface area (Å²) in [5.74, 6) is -0.0595. The molecule has 1 aliphatic carbocycles. The average molecular weight is 479 g/mol. The molecule has 5 aromatic rings. The summed E-state index contributed by atoms with van der Waals surface area (Å²) in [5.41, 5.74) is 4.52. The zero-order chi connectivity index (χ0) is 24.6. The second-order valence-corrected chi connectivity index (χ2v) is 9.00. The van der Waals surface area contributed by atoms with Crippen LogP contribution in [-0.2, 0) is 30.6 Å². The molecule has 1 aliphatic rings. The summed E-state index contributed by atoms with van der Waals surface area (Å²) < 4.78 is 11.1. The number of esters is 1. The van der Waals surface area contributed by atoms with E-state index in [4.69, 9.17) is 9.15 Å². The number of nitrogens with one attached hydrogen (secondary N) is 1. The Hall–Kier alpha value is -4.52. The van der Waals surface area contributed by atoms with E-state index in [2.05, 4.69) is 9.97 Å². The Bertz CT molecular complexity index is 1770. The molecule has 0 atom stereocenters. The standard InChI is InChI=1S/C29H22N2O5/c32-27-15-20(23-12-17-7-5-8-18(17)13-25(23)36-27)16-35-29(34)21-9-2-1-6-19(21)14-26-30-24-11-4-3-10-22(24)28(33)31-26/h1-4,6,9-13,15H,5,7-8,14,16H2,(H,30,31,33). The van der Waals surface area contributed by atoms with Crippen LogP contribution in [0.4, 0.5) is 0 Å². The highest BCUT2D eigenvalue weighted by atomic mass is 16.5. The summed E-state index contributed by atoms with van der Waals surface area (Å²) in [7, 11) is 0. The predicted molar refractivity (Wildman–Crippen MR) is 135 cm³/mol. The number of hydrogen-bond donors (Lipinski definition) is 1. The van der Waals surface area contributed by atoms with E-state index >= 15 is 0 Å². The minimum absolute atomic E-state index is 0.0564. The van der Waals surface area contributed by atoms with E-state index in [-0.39, 0.29) is 18.6 Å². The molecule has 0 radical (unpaired) electrons. The van der Waals surface area contributed by atoms with E-state index in [1.165, 1.54) is 17.2 Å². The van der Waals surface area contributed by atoms with Crippen molar-refractivity contribution in [1.29, 1.82) is 0 Å². The zero-order valence-corrected chi connectivity index (χ0v) is 19.4. The van der Waals surface area contributed by atoms with Crippen LogP contribution in [0, 0.1) is 0 Å². The SMILES string of the molecule is O=C(OCc1cc(=O)oc2cc3c(cc12)CCC3)c1ccccc1Cc1nc2ccccc2c(=O)[nH]1. The van der Waals surface area contributed by atoms with Gasteiger partial charge in [0, 0.05) is 23.4 Å². The van der Waals surface area contributed by atoms with Crippen LogP contribution in [0.25, 0.3) is 21.9 Å². The van der Waals surface area contributed by atoms with E-state index in [1.54, 1.807) is 30.3 Å². The van der Waals surface area contributed by atoms with Crippen molar-refractivity contribution in [3.05, 3.63) is 121 Å². The number of nitrogens with zero attached hydrogens (tertiary/aromatic N) is 1. The quantitative estimate of drug-likeness (QED) is 0.295. The van der Waals surface area contributed by atoms with Gasteiger partial charge in [0.1, 0.15) is 18.0 Å². The minimum Gasteiger partial charge on any atom is -0.457 e. The maximum atomic E-state index is 13.1. The maximum absolute atomic E-state index is 13.1. The summed E-state index contributed by atoms with van der Waals surface area (Å²) >= 11 is 0. The summed E-state index contributed by atoms with van der Waals surface area (Å²) in [5, 5.41) is 1.30. The van der Waals surface area contributed by atoms with Gasteiger partial charge in [-0.1, -0.05) is 30.3 Å². The number of rotatable bonds is 5. The zero-order valence-electron chi connectivity index (χ0n) is 19.4. The molecule has 0 amide bonds. The lowest BCUT2D eigenvalue weighted by atomic mass is 10.0. The molecule has 0 spiro atoms. The molecule has 178 valence electrons. The highest BCUT2D eigenvalue weighted by molar-refractivity contribution is 5.91. The molecule has 1 N–H and O–H groups in total. The van der Waals surface area contributed by atoms with Crippen LogP contribution >= 0.6 is 0 Å². The molecule has 0 aliphatic heterocycles. The van der Waals surface area contributed by atoms with Crippen LogP contribution in [0.2, 0.25) is 0 Å². The van der Waals surface area contributed by atoms with Gasteiger partial charge in [-0.05, 0) is 66.3 Å². The summed E-state index contributed by atoms with van der Waals surface area (Å²) in [6.45, 7) is -0.0564. The first-order chi connectivity index (χ1) is 17.5. The molecule has 3 aromatic carbocycles. The number of aromatic nitrogens is 2. The number of carbonyl (C=O) groups excluding carboxylic acids is 1. The number of fused-ring (bicyclic) bond motifs is 3. The molecule has 36 heavy (non-hydrogen) atoms. The number of H-pyrrole nitrogens is 1. The van der Waals surface area contributed by atoms with Gasteiger partial charge in [0.15, 0.2) is 0 Å². The molecule has 7 nitrogen and oxygen atoms in total. The Morgan fingerprint density at radius 1 is 0.917 bits per heavy atom. The summed E-state index contributed by atoms with van der Waals surface area (Å²) in [6, 6.07) is 19.5. The van der Waals surface area contributed by atoms with Crippen LogP contribution in [0.1, 0.15) is 44.9 Å².